The maximum atomic E-state index is 13.8. The average Bonchev–Trinajstić information content (AvgIpc) is 3.04. The zero-order valence-electron chi connectivity index (χ0n) is 13.5. The third kappa shape index (κ3) is 4.67. The molecule has 1 heterocycles. The Morgan fingerprint density at radius 3 is 2.68 bits per heavy atom. The number of hydrogen-bond acceptors (Lipinski definition) is 2. The summed E-state index contributed by atoms with van der Waals surface area (Å²) >= 11 is 6.02. The first-order valence-corrected chi connectivity index (χ1v) is 8.30. The molecule has 2 aromatic carbocycles. The second kappa shape index (κ2) is 7.94. The van der Waals surface area contributed by atoms with Crippen molar-refractivity contribution >= 4 is 23.3 Å². The standard InChI is InChI=1S/C19H17ClFN3O/c20-16-7-4-8-17(21)15(16)13-24-12-11-18(23-24)22-19(25)10-9-14-5-2-1-3-6-14/h1-8,11-12H,9-10,13H2,(H,22,23,25). The van der Waals surface area contributed by atoms with Crippen LogP contribution in [0.2, 0.25) is 5.02 Å². The summed E-state index contributed by atoms with van der Waals surface area (Å²) in [5, 5.41) is 7.34. The number of rotatable bonds is 6. The highest BCUT2D eigenvalue weighted by molar-refractivity contribution is 6.31. The Bertz CT molecular complexity index is 844. The lowest BCUT2D eigenvalue weighted by atomic mass is 10.1. The lowest BCUT2D eigenvalue weighted by Gasteiger charge is -2.06. The van der Waals surface area contributed by atoms with Crippen molar-refractivity contribution in [1.82, 2.24) is 9.78 Å². The van der Waals surface area contributed by atoms with Gasteiger partial charge in [0.15, 0.2) is 5.82 Å². The first-order chi connectivity index (χ1) is 12.1. The summed E-state index contributed by atoms with van der Waals surface area (Å²) in [5.74, 6) is -0.0556. The minimum Gasteiger partial charge on any atom is -0.309 e. The van der Waals surface area contributed by atoms with E-state index in [9.17, 15) is 9.18 Å². The number of nitrogens with one attached hydrogen (secondary N) is 1. The van der Waals surface area contributed by atoms with Gasteiger partial charge in [0.05, 0.1) is 6.54 Å². The number of aryl methyl sites for hydroxylation is 1. The fraction of sp³-hybridized carbons (Fsp3) is 0.158. The number of aromatic nitrogens is 2. The molecule has 0 atom stereocenters. The molecule has 128 valence electrons. The zero-order chi connectivity index (χ0) is 17.6. The van der Waals surface area contributed by atoms with Crippen LogP contribution in [-0.4, -0.2) is 15.7 Å². The summed E-state index contributed by atoms with van der Waals surface area (Å²) in [5.41, 5.74) is 1.48. The zero-order valence-corrected chi connectivity index (χ0v) is 14.2. The Morgan fingerprint density at radius 2 is 1.92 bits per heavy atom. The van der Waals surface area contributed by atoms with E-state index in [1.54, 1.807) is 24.4 Å². The quantitative estimate of drug-likeness (QED) is 0.715. The number of amides is 1. The molecule has 0 aliphatic rings. The number of nitrogens with zero attached hydrogens (tertiary/aromatic N) is 2. The van der Waals surface area contributed by atoms with E-state index >= 15 is 0 Å². The Hall–Kier alpha value is -2.66. The van der Waals surface area contributed by atoms with Gasteiger partial charge < -0.3 is 5.32 Å². The molecule has 0 saturated carbocycles. The lowest BCUT2D eigenvalue weighted by Crippen LogP contribution is -2.13. The molecule has 0 radical (unpaired) electrons. The van der Waals surface area contributed by atoms with Gasteiger partial charge in [0.2, 0.25) is 5.91 Å². The highest BCUT2D eigenvalue weighted by Crippen LogP contribution is 2.20. The second-order valence-electron chi connectivity index (χ2n) is 5.63. The van der Waals surface area contributed by atoms with Crippen LogP contribution in [0.25, 0.3) is 0 Å². The molecule has 0 fully saturated rings. The molecule has 0 aliphatic carbocycles. The maximum Gasteiger partial charge on any atom is 0.225 e. The predicted molar refractivity (Wildman–Crippen MR) is 96.1 cm³/mol. The van der Waals surface area contributed by atoms with Crippen LogP contribution in [0.3, 0.4) is 0 Å². The van der Waals surface area contributed by atoms with E-state index in [2.05, 4.69) is 10.4 Å². The van der Waals surface area contributed by atoms with Crippen LogP contribution in [-0.2, 0) is 17.8 Å². The fourth-order valence-electron chi connectivity index (χ4n) is 2.47. The normalized spacial score (nSPS) is 10.6. The van der Waals surface area contributed by atoms with Crippen molar-refractivity contribution in [2.45, 2.75) is 19.4 Å². The first kappa shape index (κ1) is 17.2. The van der Waals surface area contributed by atoms with Crippen molar-refractivity contribution in [3.8, 4) is 0 Å². The molecule has 0 bridgehead atoms. The number of benzene rings is 2. The molecule has 0 unspecified atom stereocenters. The Morgan fingerprint density at radius 1 is 1.12 bits per heavy atom. The molecule has 1 aromatic heterocycles. The molecule has 1 N–H and O–H groups in total. The van der Waals surface area contributed by atoms with E-state index in [1.807, 2.05) is 30.3 Å². The van der Waals surface area contributed by atoms with Crippen molar-refractivity contribution in [3.05, 3.63) is 82.8 Å². The number of carbonyl (C=O) groups excluding carboxylic acids is 1. The van der Waals surface area contributed by atoms with Crippen LogP contribution >= 0.6 is 11.6 Å². The summed E-state index contributed by atoms with van der Waals surface area (Å²) in [6.07, 6.45) is 2.71. The van der Waals surface area contributed by atoms with Crippen molar-refractivity contribution in [3.63, 3.8) is 0 Å². The molecule has 0 aliphatic heterocycles. The Balaban J connectivity index is 1.57. The van der Waals surface area contributed by atoms with Gasteiger partial charge in [-0.05, 0) is 24.1 Å². The summed E-state index contributed by atoms with van der Waals surface area (Å²) in [6, 6.07) is 16.0. The summed E-state index contributed by atoms with van der Waals surface area (Å²) < 4.78 is 15.4. The van der Waals surface area contributed by atoms with Crippen LogP contribution < -0.4 is 5.32 Å². The third-order valence-corrected chi connectivity index (χ3v) is 4.13. The molecular formula is C19H17ClFN3O. The van der Waals surface area contributed by atoms with E-state index in [4.69, 9.17) is 11.6 Å². The van der Waals surface area contributed by atoms with E-state index in [0.717, 1.165) is 5.56 Å². The average molecular weight is 358 g/mol. The Labute approximate surface area is 150 Å². The molecule has 3 rings (SSSR count). The molecule has 6 heteroatoms. The fourth-order valence-corrected chi connectivity index (χ4v) is 2.69. The molecule has 25 heavy (non-hydrogen) atoms. The minimum atomic E-state index is -0.378. The van der Waals surface area contributed by atoms with Crippen molar-refractivity contribution in [2.75, 3.05) is 5.32 Å². The third-order valence-electron chi connectivity index (χ3n) is 3.77. The van der Waals surface area contributed by atoms with E-state index in [0.29, 0.717) is 29.2 Å². The van der Waals surface area contributed by atoms with Crippen LogP contribution in [0.4, 0.5) is 10.2 Å². The van der Waals surface area contributed by atoms with Crippen molar-refractivity contribution in [1.29, 1.82) is 0 Å². The summed E-state index contributed by atoms with van der Waals surface area (Å²) in [6.45, 7) is 0.200. The van der Waals surface area contributed by atoms with Gasteiger partial charge in [0.1, 0.15) is 5.82 Å². The van der Waals surface area contributed by atoms with Gasteiger partial charge in [-0.1, -0.05) is 48.0 Å². The van der Waals surface area contributed by atoms with E-state index in [-0.39, 0.29) is 18.3 Å². The lowest BCUT2D eigenvalue weighted by molar-refractivity contribution is -0.116. The second-order valence-corrected chi connectivity index (χ2v) is 6.04. The molecule has 1 amide bonds. The van der Waals surface area contributed by atoms with Gasteiger partial charge in [-0.3, -0.25) is 9.48 Å². The van der Waals surface area contributed by atoms with Gasteiger partial charge in [-0.2, -0.15) is 5.10 Å². The maximum absolute atomic E-state index is 13.8. The van der Waals surface area contributed by atoms with Crippen molar-refractivity contribution < 1.29 is 9.18 Å². The molecule has 0 spiro atoms. The van der Waals surface area contributed by atoms with Crippen LogP contribution in [0.1, 0.15) is 17.5 Å². The first-order valence-electron chi connectivity index (χ1n) is 7.92. The van der Waals surface area contributed by atoms with Crippen LogP contribution in [0, 0.1) is 5.82 Å². The number of hydrogen-bond donors (Lipinski definition) is 1. The monoisotopic (exact) mass is 357 g/mol. The van der Waals surface area contributed by atoms with E-state index < -0.39 is 0 Å². The number of halogens is 2. The SMILES string of the molecule is O=C(CCc1ccccc1)Nc1ccn(Cc2c(F)cccc2Cl)n1. The highest BCUT2D eigenvalue weighted by atomic mass is 35.5. The van der Waals surface area contributed by atoms with Gasteiger partial charge in [-0.15, -0.1) is 0 Å². The molecular weight excluding hydrogens is 341 g/mol. The highest BCUT2D eigenvalue weighted by Gasteiger charge is 2.10. The number of carbonyl (C=O) groups is 1. The van der Waals surface area contributed by atoms with Crippen molar-refractivity contribution in [2.24, 2.45) is 0 Å². The minimum absolute atomic E-state index is 0.113. The van der Waals surface area contributed by atoms with Gasteiger partial charge in [0.25, 0.3) is 0 Å². The molecule has 0 saturated heterocycles. The molecule has 4 nitrogen and oxygen atoms in total. The topological polar surface area (TPSA) is 46.9 Å². The largest absolute Gasteiger partial charge is 0.309 e. The summed E-state index contributed by atoms with van der Waals surface area (Å²) in [4.78, 5) is 12.0. The van der Waals surface area contributed by atoms with Gasteiger partial charge in [0, 0.05) is 29.3 Å². The Kier molecular flexibility index (Phi) is 5.46. The summed E-state index contributed by atoms with van der Waals surface area (Å²) in [7, 11) is 0. The van der Waals surface area contributed by atoms with Gasteiger partial charge in [-0.25, -0.2) is 4.39 Å². The smallest absolute Gasteiger partial charge is 0.225 e. The number of anilines is 1. The molecule has 3 aromatic rings. The van der Waals surface area contributed by atoms with E-state index in [1.165, 1.54) is 10.7 Å². The van der Waals surface area contributed by atoms with Gasteiger partial charge >= 0.3 is 0 Å². The predicted octanol–water partition coefficient (Wildman–Crippen LogP) is 4.30. The van der Waals surface area contributed by atoms with Crippen LogP contribution in [0.5, 0.6) is 0 Å². The van der Waals surface area contributed by atoms with Crippen LogP contribution in [0.15, 0.2) is 60.8 Å².